The molecule has 1 atom stereocenters. The van der Waals surface area contributed by atoms with E-state index in [0.717, 1.165) is 0 Å². The number of methoxy groups -OCH3 is 3. The van der Waals surface area contributed by atoms with Crippen LogP contribution in [-0.4, -0.2) is 41.4 Å². The number of rotatable bonds is 8. The van der Waals surface area contributed by atoms with Crippen LogP contribution < -0.4 is 18.9 Å². The second kappa shape index (κ2) is 8.39. The fourth-order valence-corrected chi connectivity index (χ4v) is 3.59. The number of aryl methyl sites for hydroxylation is 1. The Balaban J connectivity index is 2.13. The van der Waals surface area contributed by atoms with Crippen molar-refractivity contribution in [3.05, 3.63) is 47.5 Å². The van der Waals surface area contributed by atoms with Crippen molar-refractivity contribution in [3.63, 3.8) is 0 Å². The second-order valence-electron chi connectivity index (χ2n) is 5.61. The molecule has 0 radical (unpaired) electrons. The third-order valence-electron chi connectivity index (χ3n) is 3.94. The lowest BCUT2D eigenvalue weighted by atomic mass is 10.1. The van der Waals surface area contributed by atoms with E-state index in [0.29, 0.717) is 28.4 Å². The number of sulfonamides is 1. The van der Waals surface area contributed by atoms with Crippen molar-refractivity contribution in [1.29, 1.82) is 0 Å². The molecule has 8 heteroatoms. The zero-order valence-electron chi connectivity index (χ0n) is 15.1. The van der Waals surface area contributed by atoms with Gasteiger partial charge in [-0.2, -0.15) is 0 Å². The van der Waals surface area contributed by atoms with Crippen molar-refractivity contribution < 1.29 is 27.7 Å². The van der Waals surface area contributed by atoms with Crippen LogP contribution in [0.25, 0.3) is 0 Å². The maximum Gasteiger partial charge on any atom is 0.240 e. The number of hydrogen-bond acceptors (Lipinski definition) is 6. The van der Waals surface area contributed by atoms with Gasteiger partial charge in [-0.1, -0.05) is 6.07 Å². The number of ether oxygens (including phenoxy) is 3. The molecule has 0 fully saturated rings. The molecule has 0 aromatic heterocycles. The van der Waals surface area contributed by atoms with Gasteiger partial charge in [0, 0.05) is 6.54 Å². The highest BCUT2D eigenvalue weighted by Crippen LogP contribution is 2.30. The highest BCUT2D eigenvalue weighted by atomic mass is 32.2. The molecule has 0 saturated carbocycles. The summed E-state index contributed by atoms with van der Waals surface area (Å²) < 4.78 is 42.8. The third kappa shape index (κ3) is 4.46. The first-order chi connectivity index (χ1) is 12.3. The lowest BCUT2D eigenvalue weighted by molar-refractivity contribution is 0.181. The first kappa shape index (κ1) is 20.0. The molecule has 0 heterocycles. The van der Waals surface area contributed by atoms with Crippen LogP contribution in [0.4, 0.5) is 0 Å². The summed E-state index contributed by atoms with van der Waals surface area (Å²) in [6.07, 6.45) is -1.04. The first-order valence-corrected chi connectivity index (χ1v) is 9.35. The second-order valence-corrected chi connectivity index (χ2v) is 7.38. The molecule has 0 amide bonds. The van der Waals surface area contributed by atoms with Crippen LogP contribution >= 0.6 is 0 Å². The fraction of sp³-hybridized carbons (Fsp3) is 0.333. The Morgan fingerprint density at radius 1 is 0.962 bits per heavy atom. The molecule has 26 heavy (non-hydrogen) atoms. The number of benzene rings is 2. The normalized spacial score (nSPS) is 12.5. The van der Waals surface area contributed by atoms with Crippen LogP contribution in [0.3, 0.4) is 0 Å². The van der Waals surface area contributed by atoms with Crippen molar-refractivity contribution in [1.82, 2.24) is 4.72 Å². The Morgan fingerprint density at radius 2 is 1.58 bits per heavy atom. The molecule has 7 nitrogen and oxygen atoms in total. The van der Waals surface area contributed by atoms with E-state index < -0.39 is 16.1 Å². The van der Waals surface area contributed by atoms with Gasteiger partial charge in [-0.15, -0.1) is 0 Å². The molecule has 2 aromatic carbocycles. The highest BCUT2D eigenvalue weighted by molar-refractivity contribution is 7.89. The molecule has 0 bridgehead atoms. The molecule has 2 rings (SSSR count). The van der Waals surface area contributed by atoms with Crippen LogP contribution in [0.5, 0.6) is 17.2 Å². The van der Waals surface area contributed by atoms with Crippen molar-refractivity contribution in [2.24, 2.45) is 0 Å². The van der Waals surface area contributed by atoms with E-state index in [-0.39, 0.29) is 11.4 Å². The first-order valence-electron chi connectivity index (χ1n) is 7.86. The molecule has 0 aliphatic carbocycles. The Kier molecular flexibility index (Phi) is 6.47. The Labute approximate surface area is 153 Å². The van der Waals surface area contributed by atoms with Crippen LogP contribution in [0.2, 0.25) is 0 Å². The SMILES string of the molecule is COc1ccc(S(=O)(=O)NCC(O)c2ccc(OC)c(OC)c2)cc1C. The monoisotopic (exact) mass is 381 g/mol. The van der Waals surface area contributed by atoms with Gasteiger partial charge in [0.25, 0.3) is 0 Å². The van der Waals surface area contributed by atoms with Gasteiger partial charge in [0.2, 0.25) is 10.0 Å². The molecule has 0 aliphatic heterocycles. The minimum atomic E-state index is -3.76. The van der Waals surface area contributed by atoms with Gasteiger partial charge in [-0.05, 0) is 48.4 Å². The topological polar surface area (TPSA) is 94.1 Å². The minimum Gasteiger partial charge on any atom is -0.496 e. The van der Waals surface area contributed by atoms with Crippen LogP contribution in [0.15, 0.2) is 41.3 Å². The third-order valence-corrected chi connectivity index (χ3v) is 5.36. The van der Waals surface area contributed by atoms with Gasteiger partial charge >= 0.3 is 0 Å². The lowest BCUT2D eigenvalue weighted by Gasteiger charge is -2.15. The van der Waals surface area contributed by atoms with Crippen molar-refractivity contribution in [3.8, 4) is 17.2 Å². The van der Waals surface area contributed by atoms with E-state index in [1.165, 1.54) is 33.5 Å². The summed E-state index contributed by atoms with van der Waals surface area (Å²) in [6, 6.07) is 9.47. The standard InChI is InChI=1S/C18H23NO6S/c1-12-9-14(6-8-16(12)23-2)26(21,22)19-11-15(20)13-5-7-17(24-3)18(10-13)25-4/h5-10,15,19-20H,11H2,1-4H3. The molecule has 142 valence electrons. The van der Waals surface area contributed by atoms with Crippen molar-refractivity contribution >= 4 is 10.0 Å². The summed E-state index contributed by atoms with van der Waals surface area (Å²) in [6.45, 7) is 1.58. The summed E-state index contributed by atoms with van der Waals surface area (Å²) in [4.78, 5) is 0.107. The molecule has 2 N–H and O–H groups in total. The van der Waals surface area contributed by atoms with Crippen LogP contribution in [0.1, 0.15) is 17.2 Å². The number of aliphatic hydroxyl groups excluding tert-OH is 1. The summed E-state index contributed by atoms with van der Waals surface area (Å²) in [5.74, 6) is 1.59. The van der Waals surface area contributed by atoms with E-state index in [2.05, 4.69) is 4.72 Å². The Morgan fingerprint density at radius 3 is 2.15 bits per heavy atom. The van der Waals surface area contributed by atoms with Gasteiger partial charge in [-0.3, -0.25) is 0 Å². The van der Waals surface area contributed by atoms with Crippen molar-refractivity contribution in [2.75, 3.05) is 27.9 Å². The zero-order chi connectivity index (χ0) is 19.3. The number of hydrogen-bond donors (Lipinski definition) is 2. The summed E-state index contributed by atoms with van der Waals surface area (Å²) in [5, 5.41) is 10.3. The molecule has 0 saturated heterocycles. The van der Waals surface area contributed by atoms with Gasteiger partial charge in [-0.25, -0.2) is 13.1 Å². The summed E-state index contributed by atoms with van der Waals surface area (Å²) in [7, 11) is 0.763. The van der Waals surface area contributed by atoms with E-state index in [1.807, 2.05) is 0 Å². The number of nitrogens with one attached hydrogen (secondary N) is 1. The summed E-state index contributed by atoms with van der Waals surface area (Å²) >= 11 is 0. The number of aliphatic hydroxyl groups is 1. The molecule has 1 unspecified atom stereocenters. The van der Waals surface area contributed by atoms with Crippen LogP contribution in [0, 0.1) is 6.92 Å². The van der Waals surface area contributed by atoms with Crippen LogP contribution in [-0.2, 0) is 10.0 Å². The molecule has 2 aromatic rings. The van der Waals surface area contributed by atoms with Gasteiger partial charge in [0.15, 0.2) is 11.5 Å². The predicted molar refractivity (Wildman–Crippen MR) is 97.4 cm³/mol. The van der Waals surface area contributed by atoms with Crippen molar-refractivity contribution in [2.45, 2.75) is 17.9 Å². The summed E-state index contributed by atoms with van der Waals surface area (Å²) in [5.41, 5.74) is 1.21. The average Bonchev–Trinajstić information content (AvgIpc) is 2.65. The molecule has 0 aliphatic rings. The maximum absolute atomic E-state index is 12.4. The predicted octanol–water partition coefficient (Wildman–Crippen LogP) is 2.03. The van der Waals surface area contributed by atoms with Gasteiger partial charge in [0.1, 0.15) is 5.75 Å². The lowest BCUT2D eigenvalue weighted by Crippen LogP contribution is -2.28. The van der Waals surface area contributed by atoms with E-state index >= 15 is 0 Å². The Hall–Kier alpha value is -2.29. The largest absolute Gasteiger partial charge is 0.496 e. The molecule has 0 spiro atoms. The van der Waals surface area contributed by atoms with Gasteiger partial charge in [0.05, 0.1) is 32.3 Å². The quantitative estimate of drug-likeness (QED) is 0.727. The molecular formula is C18H23NO6S. The van der Waals surface area contributed by atoms with E-state index in [1.54, 1.807) is 31.2 Å². The zero-order valence-corrected chi connectivity index (χ0v) is 16.0. The van der Waals surface area contributed by atoms with Gasteiger partial charge < -0.3 is 19.3 Å². The smallest absolute Gasteiger partial charge is 0.240 e. The van der Waals surface area contributed by atoms with E-state index in [4.69, 9.17) is 14.2 Å². The molecular weight excluding hydrogens is 358 g/mol. The average molecular weight is 381 g/mol. The highest BCUT2D eigenvalue weighted by Gasteiger charge is 2.18. The minimum absolute atomic E-state index is 0.107. The van der Waals surface area contributed by atoms with E-state index in [9.17, 15) is 13.5 Å². The fourth-order valence-electron chi connectivity index (χ4n) is 2.47. The Bertz CT molecular complexity index is 866. The maximum atomic E-state index is 12.4.